The van der Waals surface area contributed by atoms with E-state index in [2.05, 4.69) is 29.3 Å². The molecule has 0 aliphatic carbocycles. The maximum Gasteiger partial charge on any atom is 0.217 e. The van der Waals surface area contributed by atoms with Crippen LogP contribution in [0.25, 0.3) is 0 Å². The zero-order valence-electron chi connectivity index (χ0n) is 15.1. The number of nitrogens with one attached hydrogen (secondary N) is 1. The molecule has 5 nitrogen and oxygen atoms in total. The summed E-state index contributed by atoms with van der Waals surface area (Å²) in [4.78, 5) is 14.0. The summed E-state index contributed by atoms with van der Waals surface area (Å²) < 4.78 is 11.1. The van der Waals surface area contributed by atoms with Gasteiger partial charge in [-0.15, -0.1) is 0 Å². The monoisotopic (exact) mass is 342 g/mol. The average Bonchev–Trinajstić information content (AvgIpc) is 3.21. The normalized spacial score (nSPS) is 20.6. The zero-order valence-corrected chi connectivity index (χ0v) is 15.1. The van der Waals surface area contributed by atoms with Crippen LogP contribution >= 0.6 is 0 Å². The highest BCUT2D eigenvalue weighted by Crippen LogP contribution is 2.30. The van der Waals surface area contributed by atoms with Crippen LogP contribution in [-0.4, -0.2) is 37.0 Å². The Kier molecular flexibility index (Phi) is 5.43. The lowest BCUT2D eigenvalue weighted by molar-refractivity contribution is -0.119. The molecule has 1 aliphatic rings. The number of furan rings is 1. The Morgan fingerprint density at radius 2 is 1.92 bits per heavy atom. The van der Waals surface area contributed by atoms with E-state index in [0.717, 1.165) is 43.3 Å². The minimum atomic E-state index is 0.0108. The number of methoxy groups -OCH3 is 1. The number of amides is 1. The second-order valence-corrected chi connectivity index (χ2v) is 6.60. The fraction of sp³-hybridized carbons (Fsp3) is 0.450. The molecule has 1 fully saturated rings. The van der Waals surface area contributed by atoms with Crippen molar-refractivity contribution in [2.45, 2.75) is 38.8 Å². The predicted molar refractivity (Wildman–Crippen MR) is 96.7 cm³/mol. The molecule has 1 N–H and O–H groups in total. The number of carbonyl (C=O) groups is 1. The first-order chi connectivity index (χ1) is 12.1. The topological polar surface area (TPSA) is 54.7 Å². The molecule has 2 heterocycles. The number of hydrogen-bond acceptors (Lipinski definition) is 4. The van der Waals surface area contributed by atoms with Gasteiger partial charge >= 0.3 is 0 Å². The molecule has 0 bridgehead atoms. The summed E-state index contributed by atoms with van der Waals surface area (Å²) in [5.74, 6) is 3.11. The SMILES string of the molecule is CCc1ccc(CN2C[C@@H](NC(C)=O)[C@H](c3ccc(OC)cc3)C2)o1. The zero-order chi connectivity index (χ0) is 17.8. The Bertz CT molecular complexity index is 708. The lowest BCUT2D eigenvalue weighted by Crippen LogP contribution is -2.38. The molecule has 5 heteroatoms. The quantitative estimate of drug-likeness (QED) is 0.877. The fourth-order valence-corrected chi connectivity index (χ4v) is 3.53. The van der Waals surface area contributed by atoms with Gasteiger partial charge in [-0.05, 0) is 29.8 Å². The van der Waals surface area contributed by atoms with Gasteiger partial charge in [0.05, 0.1) is 13.7 Å². The third-order valence-corrected chi connectivity index (χ3v) is 4.77. The molecule has 1 saturated heterocycles. The highest BCUT2D eigenvalue weighted by atomic mass is 16.5. The van der Waals surface area contributed by atoms with E-state index in [1.54, 1.807) is 14.0 Å². The molecule has 1 amide bonds. The van der Waals surface area contributed by atoms with Gasteiger partial charge < -0.3 is 14.5 Å². The van der Waals surface area contributed by atoms with E-state index < -0.39 is 0 Å². The van der Waals surface area contributed by atoms with Crippen molar-refractivity contribution in [1.82, 2.24) is 10.2 Å². The molecular weight excluding hydrogens is 316 g/mol. The maximum absolute atomic E-state index is 11.6. The van der Waals surface area contributed by atoms with Crippen LogP contribution in [0.5, 0.6) is 5.75 Å². The Labute approximate surface area is 149 Å². The summed E-state index contributed by atoms with van der Waals surface area (Å²) in [6.07, 6.45) is 0.906. The standard InChI is InChI=1S/C20H26N2O3/c1-4-16-9-10-18(25-16)11-22-12-19(20(13-22)21-14(2)23)15-5-7-17(24-3)8-6-15/h5-10,19-20H,4,11-13H2,1-3H3,(H,21,23)/t19-,20+/m0/s1. The molecule has 0 unspecified atom stereocenters. The molecule has 2 aromatic rings. The average molecular weight is 342 g/mol. The van der Waals surface area contributed by atoms with Crippen molar-refractivity contribution in [3.63, 3.8) is 0 Å². The van der Waals surface area contributed by atoms with E-state index in [0.29, 0.717) is 0 Å². The molecule has 1 aromatic carbocycles. The van der Waals surface area contributed by atoms with Crippen LogP contribution in [0.1, 0.15) is 36.8 Å². The summed E-state index contributed by atoms with van der Waals surface area (Å²) in [5, 5.41) is 3.11. The molecule has 25 heavy (non-hydrogen) atoms. The number of hydrogen-bond donors (Lipinski definition) is 1. The summed E-state index contributed by atoms with van der Waals surface area (Å²) >= 11 is 0. The van der Waals surface area contributed by atoms with Gasteiger partial charge in [-0.2, -0.15) is 0 Å². The van der Waals surface area contributed by atoms with Gasteiger partial charge in [0, 0.05) is 38.4 Å². The third kappa shape index (κ3) is 4.23. The largest absolute Gasteiger partial charge is 0.497 e. The van der Waals surface area contributed by atoms with Crippen molar-refractivity contribution in [2.75, 3.05) is 20.2 Å². The van der Waals surface area contributed by atoms with Crippen LogP contribution < -0.4 is 10.1 Å². The molecule has 1 aromatic heterocycles. The molecule has 0 spiro atoms. The van der Waals surface area contributed by atoms with Gasteiger partial charge in [-0.25, -0.2) is 0 Å². The van der Waals surface area contributed by atoms with Crippen LogP contribution in [0, 0.1) is 0 Å². The lowest BCUT2D eigenvalue weighted by Gasteiger charge is -2.19. The number of ether oxygens (including phenoxy) is 1. The van der Waals surface area contributed by atoms with Crippen molar-refractivity contribution < 1.29 is 13.9 Å². The molecule has 134 valence electrons. The van der Waals surface area contributed by atoms with Crippen molar-refractivity contribution in [1.29, 1.82) is 0 Å². The van der Waals surface area contributed by atoms with Crippen LogP contribution in [0.4, 0.5) is 0 Å². The number of carbonyl (C=O) groups excluding carboxylic acids is 1. The molecule has 3 rings (SSSR count). The number of aryl methyl sites for hydroxylation is 1. The first-order valence-electron chi connectivity index (χ1n) is 8.80. The predicted octanol–water partition coefficient (Wildman–Crippen LogP) is 2.95. The van der Waals surface area contributed by atoms with Crippen molar-refractivity contribution in [2.24, 2.45) is 0 Å². The van der Waals surface area contributed by atoms with Gasteiger partial charge in [0.25, 0.3) is 0 Å². The van der Waals surface area contributed by atoms with Gasteiger partial charge in [0.2, 0.25) is 5.91 Å². The summed E-state index contributed by atoms with van der Waals surface area (Å²) in [6, 6.07) is 12.3. The lowest BCUT2D eigenvalue weighted by atomic mass is 9.94. The Morgan fingerprint density at radius 1 is 1.20 bits per heavy atom. The van der Waals surface area contributed by atoms with Crippen LogP contribution in [0.3, 0.4) is 0 Å². The van der Waals surface area contributed by atoms with Gasteiger partial charge in [0.15, 0.2) is 0 Å². The van der Waals surface area contributed by atoms with Crippen LogP contribution in [0.15, 0.2) is 40.8 Å². The minimum absolute atomic E-state index is 0.0108. The van der Waals surface area contributed by atoms with E-state index in [-0.39, 0.29) is 17.9 Å². The summed E-state index contributed by atoms with van der Waals surface area (Å²) in [6.45, 7) is 6.14. The number of nitrogens with zero attached hydrogens (tertiary/aromatic N) is 1. The Balaban J connectivity index is 1.73. The van der Waals surface area contributed by atoms with E-state index in [4.69, 9.17) is 9.15 Å². The second kappa shape index (κ2) is 7.74. The van der Waals surface area contributed by atoms with E-state index in [1.165, 1.54) is 5.56 Å². The smallest absolute Gasteiger partial charge is 0.217 e. The second-order valence-electron chi connectivity index (χ2n) is 6.60. The summed E-state index contributed by atoms with van der Waals surface area (Å²) in [5.41, 5.74) is 1.22. The van der Waals surface area contributed by atoms with E-state index in [1.807, 2.05) is 24.3 Å². The molecule has 1 aliphatic heterocycles. The van der Waals surface area contributed by atoms with Crippen molar-refractivity contribution in [3.8, 4) is 5.75 Å². The molecular formula is C20H26N2O3. The van der Waals surface area contributed by atoms with Gasteiger partial charge in [-0.3, -0.25) is 9.69 Å². The molecule has 0 radical (unpaired) electrons. The molecule has 0 saturated carbocycles. The Hall–Kier alpha value is -2.27. The van der Waals surface area contributed by atoms with Gasteiger partial charge in [0.1, 0.15) is 17.3 Å². The highest BCUT2D eigenvalue weighted by molar-refractivity contribution is 5.73. The van der Waals surface area contributed by atoms with E-state index in [9.17, 15) is 4.79 Å². The first kappa shape index (κ1) is 17.5. The molecule has 2 atom stereocenters. The van der Waals surface area contributed by atoms with Crippen LogP contribution in [-0.2, 0) is 17.8 Å². The highest BCUT2D eigenvalue weighted by Gasteiger charge is 2.34. The van der Waals surface area contributed by atoms with E-state index >= 15 is 0 Å². The van der Waals surface area contributed by atoms with Gasteiger partial charge in [-0.1, -0.05) is 19.1 Å². The first-order valence-corrected chi connectivity index (χ1v) is 8.80. The maximum atomic E-state index is 11.6. The van der Waals surface area contributed by atoms with Crippen LogP contribution in [0.2, 0.25) is 0 Å². The number of rotatable bonds is 6. The number of likely N-dealkylation sites (tertiary alicyclic amines) is 1. The Morgan fingerprint density at radius 3 is 2.52 bits per heavy atom. The fourth-order valence-electron chi connectivity index (χ4n) is 3.53. The number of benzene rings is 1. The van der Waals surface area contributed by atoms with Crippen molar-refractivity contribution in [3.05, 3.63) is 53.5 Å². The summed E-state index contributed by atoms with van der Waals surface area (Å²) in [7, 11) is 1.67. The third-order valence-electron chi connectivity index (χ3n) is 4.77. The minimum Gasteiger partial charge on any atom is -0.497 e. The van der Waals surface area contributed by atoms with Crippen molar-refractivity contribution >= 4 is 5.91 Å².